The summed E-state index contributed by atoms with van der Waals surface area (Å²) in [6.45, 7) is 4.65. The zero-order valence-corrected chi connectivity index (χ0v) is 18.4. The van der Waals surface area contributed by atoms with Crippen LogP contribution >= 0.6 is 0 Å². The van der Waals surface area contributed by atoms with Crippen LogP contribution < -0.4 is 5.32 Å². The number of aromatic amines is 1. The molecule has 9 nitrogen and oxygen atoms in total. The number of H-pyrrole nitrogens is 1. The fourth-order valence-electron chi connectivity index (χ4n) is 4.15. The normalized spacial score (nSPS) is 18.6. The van der Waals surface area contributed by atoms with Gasteiger partial charge in [0.25, 0.3) is 5.91 Å². The molecule has 0 unspecified atom stereocenters. The molecule has 164 valence electrons. The number of aryl methyl sites for hydroxylation is 1. The lowest BCUT2D eigenvalue weighted by Gasteiger charge is -2.11. The number of ether oxygens (including phenoxy) is 1. The van der Waals surface area contributed by atoms with Gasteiger partial charge in [0.15, 0.2) is 5.82 Å². The number of methoxy groups -OCH3 is 1. The quantitative estimate of drug-likeness (QED) is 0.602. The van der Waals surface area contributed by atoms with Gasteiger partial charge < -0.3 is 10.1 Å². The number of amides is 1. The van der Waals surface area contributed by atoms with Gasteiger partial charge in [0.1, 0.15) is 11.5 Å². The molecule has 0 spiro atoms. The molecule has 0 radical (unpaired) electrons. The molecule has 1 amide bonds. The molecule has 2 atom stereocenters. The summed E-state index contributed by atoms with van der Waals surface area (Å²) in [6, 6.07) is 5.63. The molecule has 0 aliphatic heterocycles. The number of aromatic nitrogens is 6. The number of carbonyl (C=O) groups excluding carboxylic acids is 1. The standard InChI is InChI=1S/C22H29N7O2/c1-13(2)17-7-8-23-21(24-17)15-6-5-14(9-15)18-11-20(27-26-18)25-22(30)19-10-16(12-31-4)28-29(19)3/h7-8,10-11,13-15H,5-6,9,12H2,1-4H3,(H2,25,26,27,30)/t14-,15+/m1/s1. The molecule has 9 heteroatoms. The van der Waals surface area contributed by atoms with Gasteiger partial charge in [0.05, 0.1) is 12.3 Å². The first-order valence-corrected chi connectivity index (χ1v) is 10.7. The third-order valence-electron chi connectivity index (χ3n) is 5.82. The number of nitrogens with one attached hydrogen (secondary N) is 2. The fraction of sp³-hybridized carbons (Fsp3) is 0.500. The molecular weight excluding hydrogens is 394 g/mol. The summed E-state index contributed by atoms with van der Waals surface area (Å²) in [6.07, 6.45) is 4.92. The molecule has 0 bridgehead atoms. The van der Waals surface area contributed by atoms with Crippen LogP contribution in [-0.4, -0.2) is 43.0 Å². The molecular formula is C22H29N7O2. The molecule has 0 saturated heterocycles. The highest BCUT2D eigenvalue weighted by atomic mass is 16.5. The predicted octanol–water partition coefficient (Wildman–Crippen LogP) is 3.51. The van der Waals surface area contributed by atoms with E-state index in [0.29, 0.717) is 41.6 Å². The molecule has 3 heterocycles. The largest absolute Gasteiger partial charge is 0.378 e. The van der Waals surface area contributed by atoms with E-state index in [9.17, 15) is 4.79 Å². The average Bonchev–Trinajstić information content (AvgIpc) is 3.48. The molecule has 2 N–H and O–H groups in total. The number of carbonyl (C=O) groups is 1. The molecule has 31 heavy (non-hydrogen) atoms. The van der Waals surface area contributed by atoms with E-state index in [-0.39, 0.29) is 5.91 Å². The van der Waals surface area contributed by atoms with E-state index in [0.717, 1.165) is 36.5 Å². The molecule has 1 aliphatic carbocycles. The maximum absolute atomic E-state index is 12.6. The van der Waals surface area contributed by atoms with Crippen molar-refractivity contribution in [2.75, 3.05) is 12.4 Å². The maximum atomic E-state index is 12.6. The highest BCUT2D eigenvalue weighted by Gasteiger charge is 2.30. The van der Waals surface area contributed by atoms with Gasteiger partial charge in [-0.3, -0.25) is 14.6 Å². The van der Waals surface area contributed by atoms with Crippen LogP contribution in [0.1, 0.15) is 84.3 Å². The van der Waals surface area contributed by atoms with Crippen LogP contribution in [-0.2, 0) is 18.4 Å². The highest BCUT2D eigenvalue weighted by Crippen LogP contribution is 2.42. The molecule has 1 aliphatic rings. The first-order chi connectivity index (χ1) is 14.9. The fourth-order valence-corrected chi connectivity index (χ4v) is 4.15. The summed E-state index contributed by atoms with van der Waals surface area (Å²) in [5.41, 5.74) is 3.28. The SMILES string of the molecule is COCc1cc(C(=O)Nc2cc([C@@H]3CC[C@H](c4nccc(C(C)C)n4)C3)[nH]n2)n(C)n1. The van der Waals surface area contributed by atoms with Crippen molar-refractivity contribution < 1.29 is 9.53 Å². The lowest BCUT2D eigenvalue weighted by molar-refractivity contribution is 0.101. The van der Waals surface area contributed by atoms with Crippen LogP contribution in [0.25, 0.3) is 0 Å². The monoisotopic (exact) mass is 423 g/mol. The first-order valence-electron chi connectivity index (χ1n) is 10.7. The maximum Gasteiger partial charge on any atom is 0.275 e. The highest BCUT2D eigenvalue weighted by molar-refractivity contribution is 6.02. The number of rotatable bonds is 7. The second-order valence-corrected chi connectivity index (χ2v) is 8.44. The summed E-state index contributed by atoms with van der Waals surface area (Å²) in [5, 5.41) is 14.5. The van der Waals surface area contributed by atoms with Gasteiger partial charge in [-0.15, -0.1) is 0 Å². The summed E-state index contributed by atoms with van der Waals surface area (Å²) < 4.78 is 6.63. The number of hydrogen-bond acceptors (Lipinski definition) is 6. The Balaban J connectivity index is 1.40. The summed E-state index contributed by atoms with van der Waals surface area (Å²) in [5.74, 6) is 2.28. The second-order valence-electron chi connectivity index (χ2n) is 8.44. The van der Waals surface area contributed by atoms with E-state index in [1.165, 1.54) is 0 Å². The molecule has 3 aromatic rings. The zero-order chi connectivity index (χ0) is 22.0. The van der Waals surface area contributed by atoms with Gasteiger partial charge in [-0.25, -0.2) is 9.97 Å². The predicted molar refractivity (Wildman–Crippen MR) is 116 cm³/mol. The van der Waals surface area contributed by atoms with E-state index in [1.54, 1.807) is 24.9 Å². The average molecular weight is 424 g/mol. The van der Waals surface area contributed by atoms with Crippen molar-refractivity contribution in [2.24, 2.45) is 7.05 Å². The Bertz CT molecular complexity index is 1060. The van der Waals surface area contributed by atoms with Gasteiger partial charge >= 0.3 is 0 Å². The van der Waals surface area contributed by atoms with E-state index in [1.807, 2.05) is 18.3 Å². The van der Waals surface area contributed by atoms with Gasteiger partial charge in [-0.1, -0.05) is 13.8 Å². The van der Waals surface area contributed by atoms with Crippen molar-refractivity contribution in [1.29, 1.82) is 0 Å². The van der Waals surface area contributed by atoms with Gasteiger partial charge in [-0.2, -0.15) is 10.2 Å². The summed E-state index contributed by atoms with van der Waals surface area (Å²) >= 11 is 0. The summed E-state index contributed by atoms with van der Waals surface area (Å²) in [7, 11) is 3.33. The van der Waals surface area contributed by atoms with Crippen LogP contribution in [0.3, 0.4) is 0 Å². The van der Waals surface area contributed by atoms with E-state index < -0.39 is 0 Å². The molecule has 3 aromatic heterocycles. The van der Waals surface area contributed by atoms with Crippen LogP contribution in [0, 0.1) is 0 Å². The van der Waals surface area contributed by atoms with Crippen molar-refractivity contribution in [1.82, 2.24) is 29.9 Å². The Kier molecular flexibility index (Phi) is 6.13. The Hall–Kier alpha value is -3.07. The van der Waals surface area contributed by atoms with E-state index in [4.69, 9.17) is 9.72 Å². The van der Waals surface area contributed by atoms with Crippen LogP contribution in [0.5, 0.6) is 0 Å². The topological polar surface area (TPSA) is 111 Å². The summed E-state index contributed by atoms with van der Waals surface area (Å²) in [4.78, 5) is 21.9. The molecule has 0 aromatic carbocycles. The van der Waals surface area contributed by atoms with E-state index >= 15 is 0 Å². The first kappa shape index (κ1) is 21.2. The van der Waals surface area contributed by atoms with Crippen LogP contribution in [0.4, 0.5) is 5.82 Å². The van der Waals surface area contributed by atoms with Crippen molar-refractivity contribution in [2.45, 2.75) is 57.5 Å². The lowest BCUT2D eigenvalue weighted by atomic mass is 10.0. The Morgan fingerprint density at radius 1 is 1.32 bits per heavy atom. The number of anilines is 1. The molecule has 1 saturated carbocycles. The van der Waals surface area contributed by atoms with Crippen LogP contribution in [0.15, 0.2) is 24.4 Å². The van der Waals surface area contributed by atoms with Gasteiger partial charge in [0.2, 0.25) is 0 Å². The van der Waals surface area contributed by atoms with E-state index in [2.05, 4.69) is 39.4 Å². The minimum Gasteiger partial charge on any atom is -0.378 e. The Morgan fingerprint density at radius 2 is 2.13 bits per heavy atom. The second kappa shape index (κ2) is 8.97. The molecule has 1 fully saturated rings. The third kappa shape index (κ3) is 4.66. The van der Waals surface area contributed by atoms with Crippen LogP contribution in [0.2, 0.25) is 0 Å². The Morgan fingerprint density at radius 3 is 2.90 bits per heavy atom. The number of hydrogen-bond donors (Lipinski definition) is 2. The minimum atomic E-state index is -0.251. The van der Waals surface area contributed by atoms with Gasteiger partial charge in [-0.05, 0) is 37.3 Å². The minimum absolute atomic E-state index is 0.251. The molecule has 4 rings (SSSR count). The number of nitrogens with zero attached hydrogens (tertiary/aromatic N) is 5. The Labute approximate surface area is 181 Å². The lowest BCUT2D eigenvalue weighted by Crippen LogP contribution is -2.16. The van der Waals surface area contributed by atoms with Crippen molar-refractivity contribution in [3.05, 3.63) is 53.0 Å². The van der Waals surface area contributed by atoms with Crippen molar-refractivity contribution in [3.63, 3.8) is 0 Å². The third-order valence-corrected chi connectivity index (χ3v) is 5.82. The van der Waals surface area contributed by atoms with Crippen molar-refractivity contribution >= 4 is 11.7 Å². The van der Waals surface area contributed by atoms with Gasteiger partial charge in [0, 0.05) is 49.6 Å². The zero-order valence-electron chi connectivity index (χ0n) is 18.4. The van der Waals surface area contributed by atoms with Crippen molar-refractivity contribution in [3.8, 4) is 0 Å². The smallest absolute Gasteiger partial charge is 0.275 e.